The molecule has 1 N–H and O–H groups in total. The van der Waals surface area contributed by atoms with Crippen LogP contribution in [0.2, 0.25) is 5.02 Å². The third-order valence-corrected chi connectivity index (χ3v) is 5.04. The summed E-state index contributed by atoms with van der Waals surface area (Å²) in [6.07, 6.45) is 0. The summed E-state index contributed by atoms with van der Waals surface area (Å²) in [5.41, 5.74) is 0.426. The van der Waals surface area contributed by atoms with Crippen LogP contribution in [-0.2, 0) is 10.0 Å². The lowest BCUT2D eigenvalue weighted by atomic mass is 10.3. The van der Waals surface area contributed by atoms with Crippen LogP contribution in [-0.4, -0.2) is 28.3 Å². The molecule has 0 saturated carbocycles. The molecule has 0 radical (unpaired) electrons. The van der Waals surface area contributed by atoms with Gasteiger partial charge in [0.05, 0.1) is 17.4 Å². The molecule has 0 atom stereocenters. The fourth-order valence-corrected chi connectivity index (χ4v) is 3.48. The monoisotopic (exact) mass is 342 g/mol. The Kier molecular flexibility index (Phi) is 3.63. The Bertz CT molecular complexity index is 552. The van der Waals surface area contributed by atoms with Crippen LogP contribution in [0, 0.1) is 0 Å². The molecule has 0 spiro atoms. The fraction of sp³-hybridized carbons (Fsp3) is 0.333. The molecule has 0 aromatic heterocycles. The van der Waals surface area contributed by atoms with Crippen molar-refractivity contribution < 1.29 is 12.8 Å². The molecule has 1 aromatic rings. The Morgan fingerprint density at radius 3 is 2.88 bits per heavy atom. The Labute approximate surface area is 112 Å². The second-order valence-electron chi connectivity index (χ2n) is 3.49. The molecule has 94 valence electrons. The molecule has 4 nitrogen and oxygen atoms in total. The van der Waals surface area contributed by atoms with Gasteiger partial charge in [-0.1, -0.05) is 11.6 Å². The van der Waals surface area contributed by atoms with Gasteiger partial charge >= 0.3 is 0 Å². The highest BCUT2D eigenvalue weighted by molar-refractivity contribution is 9.10. The minimum Gasteiger partial charge on any atom is -0.354 e. The summed E-state index contributed by atoms with van der Waals surface area (Å²) in [6.45, 7) is -0.389. The number of alkyl halides is 1. The SMILES string of the molecule is O=S1(=O)NCN(CCF)c2cc(Cl)c(Br)cc21. The number of hydrogen-bond donors (Lipinski definition) is 1. The van der Waals surface area contributed by atoms with E-state index >= 15 is 0 Å². The summed E-state index contributed by atoms with van der Waals surface area (Å²) in [4.78, 5) is 1.70. The standard InChI is InChI=1S/C9H9BrClFN2O2S/c10-6-3-9-8(4-7(6)11)14(2-1-12)5-13-17(9,15)16/h3-4,13H,1-2,5H2. The van der Waals surface area contributed by atoms with Crippen molar-refractivity contribution in [1.82, 2.24) is 4.72 Å². The average molecular weight is 344 g/mol. The Morgan fingerprint density at radius 1 is 1.53 bits per heavy atom. The van der Waals surface area contributed by atoms with Crippen molar-refractivity contribution in [2.24, 2.45) is 0 Å². The van der Waals surface area contributed by atoms with Crippen LogP contribution in [0.15, 0.2) is 21.5 Å². The van der Waals surface area contributed by atoms with Crippen LogP contribution >= 0.6 is 27.5 Å². The van der Waals surface area contributed by atoms with E-state index in [0.29, 0.717) is 15.2 Å². The number of hydrogen-bond acceptors (Lipinski definition) is 3. The first kappa shape index (κ1) is 13.1. The van der Waals surface area contributed by atoms with Crippen LogP contribution in [0.1, 0.15) is 0 Å². The van der Waals surface area contributed by atoms with Gasteiger partial charge in [0, 0.05) is 11.0 Å². The molecular weight excluding hydrogens is 335 g/mol. The number of nitrogens with zero attached hydrogens (tertiary/aromatic N) is 1. The van der Waals surface area contributed by atoms with E-state index in [0.717, 1.165) is 0 Å². The van der Waals surface area contributed by atoms with Gasteiger partial charge in [-0.3, -0.25) is 0 Å². The van der Waals surface area contributed by atoms with Crippen molar-refractivity contribution in [3.8, 4) is 0 Å². The van der Waals surface area contributed by atoms with Crippen molar-refractivity contribution in [2.45, 2.75) is 4.90 Å². The van der Waals surface area contributed by atoms with Gasteiger partial charge in [0.2, 0.25) is 10.0 Å². The Balaban J connectivity index is 2.60. The quantitative estimate of drug-likeness (QED) is 0.895. The smallest absolute Gasteiger partial charge is 0.244 e. The molecular formula is C9H9BrClFN2O2S. The zero-order valence-corrected chi connectivity index (χ0v) is 11.7. The van der Waals surface area contributed by atoms with Crippen LogP contribution in [0.4, 0.5) is 10.1 Å². The number of nitrogens with one attached hydrogen (secondary N) is 1. The van der Waals surface area contributed by atoms with Gasteiger partial charge in [-0.05, 0) is 28.1 Å². The lowest BCUT2D eigenvalue weighted by molar-refractivity contribution is 0.483. The number of benzene rings is 1. The maximum absolute atomic E-state index is 12.4. The first-order valence-electron chi connectivity index (χ1n) is 4.75. The minimum absolute atomic E-state index is 0.0528. The largest absolute Gasteiger partial charge is 0.354 e. The summed E-state index contributed by atoms with van der Waals surface area (Å²) in [7, 11) is -3.54. The zero-order valence-electron chi connectivity index (χ0n) is 8.58. The third-order valence-electron chi connectivity index (χ3n) is 2.43. The van der Waals surface area contributed by atoms with Gasteiger partial charge in [0.1, 0.15) is 11.6 Å². The Hall–Kier alpha value is -0.370. The molecule has 1 aromatic carbocycles. The van der Waals surface area contributed by atoms with E-state index in [4.69, 9.17) is 11.6 Å². The van der Waals surface area contributed by atoms with Crippen LogP contribution < -0.4 is 9.62 Å². The molecule has 1 aliphatic rings. The van der Waals surface area contributed by atoms with Gasteiger partial charge in [0.25, 0.3) is 0 Å². The summed E-state index contributed by atoms with van der Waals surface area (Å²) >= 11 is 9.09. The van der Waals surface area contributed by atoms with E-state index in [9.17, 15) is 12.8 Å². The molecule has 0 unspecified atom stereocenters. The van der Waals surface area contributed by atoms with E-state index in [1.54, 1.807) is 4.90 Å². The van der Waals surface area contributed by atoms with Crippen molar-refractivity contribution >= 4 is 43.2 Å². The average Bonchev–Trinajstić information content (AvgIpc) is 2.26. The second kappa shape index (κ2) is 4.72. The maximum atomic E-state index is 12.4. The van der Waals surface area contributed by atoms with Crippen LogP contribution in [0.5, 0.6) is 0 Å². The molecule has 0 aliphatic carbocycles. The van der Waals surface area contributed by atoms with Crippen LogP contribution in [0.3, 0.4) is 0 Å². The second-order valence-corrected chi connectivity index (χ2v) is 6.49. The summed E-state index contributed by atoms with van der Waals surface area (Å²) in [5.74, 6) is 0. The van der Waals surface area contributed by atoms with E-state index in [2.05, 4.69) is 20.7 Å². The molecule has 8 heteroatoms. The lowest BCUT2D eigenvalue weighted by Crippen LogP contribution is -2.44. The first-order chi connectivity index (χ1) is 7.95. The summed E-state index contributed by atoms with van der Waals surface area (Å²) < 4.78 is 38.8. The van der Waals surface area contributed by atoms with Crippen molar-refractivity contribution in [2.75, 3.05) is 24.8 Å². The normalized spacial score (nSPS) is 17.9. The highest BCUT2D eigenvalue weighted by Gasteiger charge is 2.28. The highest BCUT2D eigenvalue weighted by Crippen LogP contribution is 2.35. The number of anilines is 1. The molecule has 0 saturated heterocycles. The minimum atomic E-state index is -3.54. The van der Waals surface area contributed by atoms with Gasteiger partial charge in [-0.25, -0.2) is 12.8 Å². The molecule has 0 amide bonds. The number of fused-ring (bicyclic) bond motifs is 1. The van der Waals surface area contributed by atoms with E-state index in [1.807, 2.05) is 0 Å². The first-order valence-corrected chi connectivity index (χ1v) is 7.41. The molecule has 0 fully saturated rings. The topological polar surface area (TPSA) is 49.4 Å². The maximum Gasteiger partial charge on any atom is 0.244 e. The molecule has 1 heterocycles. The predicted octanol–water partition coefficient (Wildman–Crippen LogP) is 2.13. The molecule has 2 rings (SSSR count). The highest BCUT2D eigenvalue weighted by atomic mass is 79.9. The summed E-state index contributed by atoms with van der Waals surface area (Å²) in [5, 5.41) is 0.393. The fourth-order valence-electron chi connectivity index (χ4n) is 1.61. The molecule has 0 bridgehead atoms. The Morgan fingerprint density at radius 2 is 2.24 bits per heavy atom. The van der Waals surface area contributed by atoms with Gasteiger partial charge in [-0.2, -0.15) is 4.72 Å². The van der Waals surface area contributed by atoms with Crippen molar-refractivity contribution in [1.29, 1.82) is 0 Å². The lowest BCUT2D eigenvalue weighted by Gasteiger charge is -2.30. The van der Waals surface area contributed by atoms with Gasteiger partial charge in [-0.15, -0.1) is 0 Å². The number of sulfonamides is 1. The van der Waals surface area contributed by atoms with Gasteiger partial charge < -0.3 is 4.90 Å². The van der Waals surface area contributed by atoms with E-state index < -0.39 is 16.7 Å². The number of rotatable bonds is 2. The van der Waals surface area contributed by atoms with Crippen molar-refractivity contribution in [3.63, 3.8) is 0 Å². The van der Waals surface area contributed by atoms with E-state index in [1.165, 1.54) is 12.1 Å². The number of halogens is 3. The predicted molar refractivity (Wildman–Crippen MR) is 67.7 cm³/mol. The zero-order chi connectivity index (χ0) is 12.6. The van der Waals surface area contributed by atoms with Crippen LogP contribution in [0.25, 0.3) is 0 Å². The molecule has 1 aliphatic heterocycles. The van der Waals surface area contributed by atoms with Crippen molar-refractivity contribution in [3.05, 3.63) is 21.6 Å². The molecule has 17 heavy (non-hydrogen) atoms. The summed E-state index contributed by atoms with van der Waals surface area (Å²) in [6, 6.07) is 2.94. The van der Waals surface area contributed by atoms with Gasteiger partial charge in [0.15, 0.2) is 0 Å². The third kappa shape index (κ3) is 2.42. The van der Waals surface area contributed by atoms with E-state index in [-0.39, 0.29) is 18.1 Å².